The van der Waals surface area contributed by atoms with Crippen molar-refractivity contribution in [3.63, 3.8) is 0 Å². The van der Waals surface area contributed by atoms with Gasteiger partial charge in [0.2, 0.25) is 0 Å². The lowest BCUT2D eigenvalue weighted by atomic mass is 10.1. The molecule has 0 aliphatic heterocycles. The summed E-state index contributed by atoms with van der Waals surface area (Å²) in [5.41, 5.74) is 3.19. The molecule has 0 radical (unpaired) electrons. The molecule has 0 atom stereocenters. The van der Waals surface area contributed by atoms with Crippen LogP contribution in [0.15, 0.2) is 0 Å². The van der Waals surface area contributed by atoms with Crippen LogP contribution in [0.3, 0.4) is 0 Å². The smallest absolute Gasteiger partial charge is 0.319 e. The quantitative estimate of drug-likeness (QED) is 0.285. The number of rotatable bonds is 17. The SMILES string of the molecule is CCCCCCCCCCCCCCNN(CC)CC(=O)O.Cl. The Morgan fingerprint density at radius 3 is 1.65 bits per heavy atom. The average Bonchev–Trinajstić information content (AvgIpc) is 2.50. The first kappa shape index (κ1) is 24.9. The minimum absolute atomic E-state index is 0. The first-order chi connectivity index (χ1) is 10.7. The minimum Gasteiger partial charge on any atom is -0.480 e. The second-order valence-electron chi connectivity index (χ2n) is 6.21. The summed E-state index contributed by atoms with van der Waals surface area (Å²) in [5, 5.41) is 10.5. The fourth-order valence-corrected chi connectivity index (χ4v) is 2.65. The number of carboxylic acids is 1. The van der Waals surface area contributed by atoms with Gasteiger partial charge in [-0.2, -0.15) is 0 Å². The van der Waals surface area contributed by atoms with Crippen LogP contribution in [0.4, 0.5) is 0 Å². The maximum absolute atomic E-state index is 10.6. The van der Waals surface area contributed by atoms with Gasteiger partial charge in [-0.25, -0.2) is 5.01 Å². The van der Waals surface area contributed by atoms with Crippen LogP contribution >= 0.6 is 12.4 Å². The van der Waals surface area contributed by atoms with Crippen molar-refractivity contribution in [2.75, 3.05) is 19.6 Å². The fraction of sp³-hybridized carbons (Fsp3) is 0.944. The number of carbonyl (C=O) groups is 1. The van der Waals surface area contributed by atoms with Crippen LogP contribution in [0.5, 0.6) is 0 Å². The molecule has 0 saturated heterocycles. The molecule has 5 heteroatoms. The van der Waals surface area contributed by atoms with Crippen molar-refractivity contribution in [2.45, 2.75) is 90.9 Å². The van der Waals surface area contributed by atoms with Gasteiger partial charge in [-0.05, 0) is 6.42 Å². The van der Waals surface area contributed by atoms with E-state index < -0.39 is 5.97 Å². The monoisotopic (exact) mass is 350 g/mol. The Balaban J connectivity index is 0. The molecule has 4 nitrogen and oxygen atoms in total. The molecule has 0 heterocycles. The lowest BCUT2D eigenvalue weighted by Crippen LogP contribution is -2.41. The van der Waals surface area contributed by atoms with Crippen molar-refractivity contribution in [1.82, 2.24) is 10.4 Å². The Labute approximate surface area is 149 Å². The van der Waals surface area contributed by atoms with Crippen molar-refractivity contribution < 1.29 is 9.90 Å². The second kappa shape index (κ2) is 19.7. The summed E-state index contributed by atoms with van der Waals surface area (Å²) in [6, 6.07) is 0. The lowest BCUT2D eigenvalue weighted by molar-refractivity contribution is -0.139. The van der Waals surface area contributed by atoms with Crippen molar-refractivity contribution >= 4 is 18.4 Å². The number of hydrazine groups is 1. The van der Waals surface area contributed by atoms with E-state index in [0.717, 1.165) is 19.5 Å². The molecular weight excluding hydrogens is 312 g/mol. The summed E-state index contributed by atoms with van der Waals surface area (Å²) in [6.07, 6.45) is 16.2. The third-order valence-electron chi connectivity index (χ3n) is 4.07. The van der Waals surface area contributed by atoms with Crippen LogP contribution < -0.4 is 5.43 Å². The maximum atomic E-state index is 10.6. The number of aliphatic carboxylic acids is 1. The summed E-state index contributed by atoms with van der Waals surface area (Å²) in [5.74, 6) is -0.774. The number of hydrogen-bond donors (Lipinski definition) is 2. The molecule has 0 aromatic heterocycles. The van der Waals surface area contributed by atoms with Gasteiger partial charge in [-0.1, -0.05) is 84.5 Å². The summed E-state index contributed by atoms with van der Waals surface area (Å²) in [6.45, 7) is 5.93. The molecule has 0 rings (SSSR count). The Morgan fingerprint density at radius 2 is 1.26 bits per heavy atom. The molecule has 0 aromatic carbocycles. The van der Waals surface area contributed by atoms with E-state index in [1.54, 1.807) is 5.01 Å². The van der Waals surface area contributed by atoms with Gasteiger partial charge < -0.3 is 5.11 Å². The van der Waals surface area contributed by atoms with Crippen LogP contribution in [0.1, 0.15) is 90.9 Å². The van der Waals surface area contributed by atoms with Crippen molar-refractivity contribution in [3.8, 4) is 0 Å². The standard InChI is InChI=1S/C18H38N2O2.ClH/c1-3-5-6-7-8-9-10-11-12-13-14-15-16-19-20(4-2)17-18(21)22;/h19H,3-17H2,1-2H3,(H,21,22);1H. The van der Waals surface area contributed by atoms with E-state index in [0.29, 0.717) is 0 Å². The van der Waals surface area contributed by atoms with Crippen LogP contribution in [-0.2, 0) is 4.79 Å². The number of nitrogens with zero attached hydrogens (tertiary/aromatic N) is 1. The lowest BCUT2D eigenvalue weighted by Gasteiger charge is -2.19. The van der Waals surface area contributed by atoms with Gasteiger partial charge in [0.25, 0.3) is 0 Å². The molecule has 0 aromatic rings. The number of nitrogens with one attached hydrogen (secondary N) is 1. The van der Waals surface area contributed by atoms with Gasteiger partial charge in [0.1, 0.15) is 6.54 Å². The Bertz CT molecular complexity index is 253. The van der Waals surface area contributed by atoms with Crippen LogP contribution in [0.2, 0.25) is 0 Å². The topological polar surface area (TPSA) is 52.6 Å². The zero-order chi connectivity index (χ0) is 16.5. The number of hydrogen-bond acceptors (Lipinski definition) is 3. The summed E-state index contributed by atoms with van der Waals surface area (Å²) < 4.78 is 0. The summed E-state index contributed by atoms with van der Waals surface area (Å²) in [4.78, 5) is 10.6. The Morgan fingerprint density at radius 1 is 0.826 bits per heavy atom. The maximum Gasteiger partial charge on any atom is 0.319 e. The van der Waals surface area contributed by atoms with E-state index in [-0.39, 0.29) is 19.0 Å². The highest BCUT2D eigenvalue weighted by Crippen LogP contribution is 2.11. The highest BCUT2D eigenvalue weighted by Gasteiger charge is 2.05. The van der Waals surface area contributed by atoms with E-state index >= 15 is 0 Å². The molecule has 0 unspecified atom stereocenters. The number of unbranched alkanes of at least 4 members (excludes halogenated alkanes) is 11. The van der Waals surface area contributed by atoms with Gasteiger partial charge in [0.15, 0.2) is 0 Å². The highest BCUT2D eigenvalue weighted by atomic mass is 35.5. The molecule has 0 amide bonds. The van der Waals surface area contributed by atoms with Crippen molar-refractivity contribution in [2.24, 2.45) is 0 Å². The van der Waals surface area contributed by atoms with E-state index in [4.69, 9.17) is 5.11 Å². The van der Waals surface area contributed by atoms with Gasteiger partial charge >= 0.3 is 5.97 Å². The van der Waals surface area contributed by atoms with E-state index in [2.05, 4.69) is 12.3 Å². The van der Waals surface area contributed by atoms with Crippen LogP contribution in [-0.4, -0.2) is 35.7 Å². The largest absolute Gasteiger partial charge is 0.480 e. The number of halogens is 1. The Hall–Kier alpha value is -0.320. The molecule has 0 fully saturated rings. The van der Waals surface area contributed by atoms with Crippen LogP contribution in [0.25, 0.3) is 0 Å². The molecule has 0 bridgehead atoms. The second-order valence-corrected chi connectivity index (χ2v) is 6.21. The fourth-order valence-electron chi connectivity index (χ4n) is 2.65. The zero-order valence-electron chi connectivity index (χ0n) is 15.3. The number of likely N-dealkylation sites (N-methyl/N-ethyl adjacent to an activating group) is 1. The highest BCUT2D eigenvalue weighted by molar-refractivity contribution is 5.85. The molecule has 0 aliphatic rings. The summed E-state index contributed by atoms with van der Waals surface area (Å²) >= 11 is 0. The van der Waals surface area contributed by atoms with Gasteiger partial charge in [0.05, 0.1) is 0 Å². The molecule has 23 heavy (non-hydrogen) atoms. The summed E-state index contributed by atoms with van der Waals surface area (Å²) in [7, 11) is 0. The third kappa shape index (κ3) is 19.6. The molecular formula is C18H39ClN2O2. The van der Waals surface area contributed by atoms with E-state index in [9.17, 15) is 4.79 Å². The third-order valence-corrected chi connectivity index (χ3v) is 4.07. The van der Waals surface area contributed by atoms with Crippen molar-refractivity contribution in [1.29, 1.82) is 0 Å². The average molecular weight is 351 g/mol. The van der Waals surface area contributed by atoms with Gasteiger partial charge in [-0.3, -0.25) is 10.2 Å². The van der Waals surface area contributed by atoms with E-state index in [1.807, 2.05) is 6.92 Å². The molecule has 0 aliphatic carbocycles. The molecule has 140 valence electrons. The Kier molecular flexibility index (Phi) is 21.4. The van der Waals surface area contributed by atoms with E-state index in [1.165, 1.54) is 70.6 Å². The number of carboxylic acid groups (broad SMARTS) is 1. The zero-order valence-corrected chi connectivity index (χ0v) is 16.1. The first-order valence-corrected chi connectivity index (χ1v) is 9.41. The predicted molar refractivity (Wildman–Crippen MR) is 101 cm³/mol. The molecule has 0 saturated carbocycles. The normalized spacial score (nSPS) is 10.7. The molecule has 0 spiro atoms. The first-order valence-electron chi connectivity index (χ1n) is 9.41. The predicted octanol–water partition coefficient (Wildman–Crippen LogP) is 5.02. The van der Waals surface area contributed by atoms with Crippen LogP contribution in [0, 0.1) is 0 Å². The molecule has 2 N–H and O–H groups in total. The minimum atomic E-state index is -0.774. The van der Waals surface area contributed by atoms with Gasteiger partial charge in [-0.15, -0.1) is 12.4 Å². The van der Waals surface area contributed by atoms with Gasteiger partial charge in [0, 0.05) is 13.1 Å². The van der Waals surface area contributed by atoms with Crippen molar-refractivity contribution in [3.05, 3.63) is 0 Å².